The van der Waals surface area contributed by atoms with Crippen molar-refractivity contribution in [3.8, 4) is 16.9 Å². The van der Waals surface area contributed by atoms with Gasteiger partial charge < -0.3 is 11.5 Å². The molecule has 0 unspecified atom stereocenters. The predicted molar refractivity (Wildman–Crippen MR) is 117 cm³/mol. The summed E-state index contributed by atoms with van der Waals surface area (Å²) in [5, 5.41) is 0.846. The van der Waals surface area contributed by atoms with Crippen LogP contribution in [0.2, 0.25) is 0 Å². The van der Waals surface area contributed by atoms with Gasteiger partial charge in [-0.3, -0.25) is 4.57 Å². The standard InChI is InChI=1S/C21H21N7S/c1-13-7-6-8-14(2)18(13)28-16(15-9-4-3-5-10-15)11-24-21(28)29-12-17-25-19(22)27-20(23)26-17/h3-11H,12H2,1-2H3,(H4,22,23,25,26,27). The molecule has 8 heteroatoms. The number of nitrogen functional groups attached to an aromatic ring is 2. The molecular weight excluding hydrogens is 382 g/mol. The van der Waals surface area contributed by atoms with Crippen LogP contribution < -0.4 is 11.5 Å². The van der Waals surface area contributed by atoms with Crippen molar-refractivity contribution in [2.45, 2.75) is 24.8 Å². The normalized spacial score (nSPS) is 11.0. The number of rotatable bonds is 5. The largest absolute Gasteiger partial charge is 0.368 e. The van der Waals surface area contributed by atoms with Crippen LogP contribution in [0, 0.1) is 13.8 Å². The fraction of sp³-hybridized carbons (Fsp3) is 0.143. The van der Waals surface area contributed by atoms with Crippen LogP contribution in [0.4, 0.5) is 11.9 Å². The highest BCUT2D eigenvalue weighted by molar-refractivity contribution is 7.98. The van der Waals surface area contributed by atoms with Gasteiger partial charge in [0.2, 0.25) is 11.9 Å². The first-order valence-electron chi connectivity index (χ1n) is 9.11. The quantitative estimate of drug-likeness (QED) is 0.488. The molecule has 2 aromatic heterocycles. The van der Waals surface area contributed by atoms with E-state index in [0.717, 1.165) is 22.1 Å². The number of para-hydroxylation sites is 1. The van der Waals surface area contributed by atoms with Crippen LogP contribution in [0.25, 0.3) is 16.9 Å². The summed E-state index contributed by atoms with van der Waals surface area (Å²) in [7, 11) is 0. The summed E-state index contributed by atoms with van der Waals surface area (Å²) < 4.78 is 2.19. The number of hydrogen-bond donors (Lipinski definition) is 2. The summed E-state index contributed by atoms with van der Waals surface area (Å²) in [5.41, 5.74) is 17.0. The molecule has 7 nitrogen and oxygen atoms in total. The Morgan fingerprint density at radius 2 is 1.52 bits per heavy atom. The van der Waals surface area contributed by atoms with E-state index in [-0.39, 0.29) is 11.9 Å². The summed E-state index contributed by atoms with van der Waals surface area (Å²) in [5.74, 6) is 1.25. The fourth-order valence-electron chi connectivity index (χ4n) is 3.27. The zero-order chi connectivity index (χ0) is 20.4. The van der Waals surface area contributed by atoms with Gasteiger partial charge in [-0.2, -0.15) is 15.0 Å². The molecule has 4 aromatic rings. The molecule has 146 valence electrons. The lowest BCUT2D eigenvalue weighted by Crippen LogP contribution is -2.07. The van der Waals surface area contributed by atoms with Crippen LogP contribution in [0.1, 0.15) is 17.0 Å². The first kappa shape index (κ1) is 18.9. The summed E-state index contributed by atoms with van der Waals surface area (Å²) in [6.45, 7) is 4.22. The minimum Gasteiger partial charge on any atom is -0.368 e. The minimum absolute atomic E-state index is 0.121. The zero-order valence-corrected chi connectivity index (χ0v) is 17.0. The molecule has 0 aliphatic heterocycles. The molecule has 0 spiro atoms. The van der Waals surface area contributed by atoms with Crippen LogP contribution >= 0.6 is 11.8 Å². The number of nitrogens with zero attached hydrogens (tertiary/aromatic N) is 5. The number of benzene rings is 2. The molecule has 4 rings (SSSR count). The summed E-state index contributed by atoms with van der Waals surface area (Å²) in [4.78, 5) is 16.9. The molecule has 0 atom stereocenters. The van der Waals surface area contributed by atoms with Gasteiger partial charge in [-0.25, -0.2) is 4.98 Å². The maximum atomic E-state index is 5.70. The van der Waals surface area contributed by atoms with E-state index in [1.165, 1.54) is 22.9 Å². The van der Waals surface area contributed by atoms with Gasteiger partial charge in [0, 0.05) is 5.56 Å². The maximum Gasteiger partial charge on any atom is 0.225 e. The Morgan fingerprint density at radius 3 is 2.17 bits per heavy atom. The van der Waals surface area contributed by atoms with E-state index in [0.29, 0.717) is 11.6 Å². The van der Waals surface area contributed by atoms with Crippen LogP contribution in [0.15, 0.2) is 59.9 Å². The van der Waals surface area contributed by atoms with Crippen molar-refractivity contribution in [2.75, 3.05) is 11.5 Å². The molecule has 0 fully saturated rings. The molecule has 0 aliphatic carbocycles. The molecule has 0 radical (unpaired) electrons. The van der Waals surface area contributed by atoms with Crippen LogP contribution in [0.3, 0.4) is 0 Å². The topological polar surface area (TPSA) is 109 Å². The molecule has 0 aliphatic rings. The number of imidazole rings is 1. The van der Waals surface area contributed by atoms with E-state index < -0.39 is 0 Å². The second-order valence-electron chi connectivity index (χ2n) is 6.62. The Labute approximate surface area is 173 Å². The van der Waals surface area contributed by atoms with Gasteiger partial charge in [0.05, 0.1) is 23.3 Å². The number of hydrogen-bond acceptors (Lipinski definition) is 7. The van der Waals surface area contributed by atoms with E-state index in [1.807, 2.05) is 24.4 Å². The molecule has 0 bridgehead atoms. The summed E-state index contributed by atoms with van der Waals surface area (Å²) >= 11 is 1.53. The molecular formula is C21H21N7S. The minimum atomic E-state index is 0.121. The summed E-state index contributed by atoms with van der Waals surface area (Å²) in [6, 6.07) is 16.5. The average molecular weight is 404 g/mol. The van der Waals surface area contributed by atoms with Crippen molar-refractivity contribution in [1.82, 2.24) is 24.5 Å². The van der Waals surface area contributed by atoms with Crippen LogP contribution in [-0.4, -0.2) is 24.5 Å². The van der Waals surface area contributed by atoms with Gasteiger partial charge in [-0.05, 0) is 25.0 Å². The molecule has 29 heavy (non-hydrogen) atoms. The lowest BCUT2D eigenvalue weighted by molar-refractivity contribution is 0.882. The van der Waals surface area contributed by atoms with Gasteiger partial charge in [0.15, 0.2) is 5.16 Å². The molecule has 2 heterocycles. The van der Waals surface area contributed by atoms with Crippen molar-refractivity contribution in [3.05, 3.63) is 71.7 Å². The van der Waals surface area contributed by atoms with Crippen molar-refractivity contribution >= 4 is 23.7 Å². The van der Waals surface area contributed by atoms with Gasteiger partial charge >= 0.3 is 0 Å². The second-order valence-corrected chi connectivity index (χ2v) is 7.57. The highest BCUT2D eigenvalue weighted by atomic mass is 32.2. The summed E-state index contributed by atoms with van der Waals surface area (Å²) in [6.07, 6.45) is 1.90. The fourth-order valence-corrected chi connectivity index (χ4v) is 4.11. The van der Waals surface area contributed by atoms with Crippen molar-refractivity contribution in [3.63, 3.8) is 0 Å². The van der Waals surface area contributed by atoms with Crippen molar-refractivity contribution < 1.29 is 0 Å². The number of aryl methyl sites for hydroxylation is 2. The average Bonchev–Trinajstić information content (AvgIpc) is 3.10. The Kier molecular flexibility index (Phi) is 5.18. The number of aromatic nitrogens is 5. The van der Waals surface area contributed by atoms with Gasteiger partial charge in [-0.15, -0.1) is 0 Å². The number of anilines is 2. The van der Waals surface area contributed by atoms with Crippen molar-refractivity contribution in [1.29, 1.82) is 0 Å². The zero-order valence-electron chi connectivity index (χ0n) is 16.2. The smallest absolute Gasteiger partial charge is 0.225 e. The van der Waals surface area contributed by atoms with Crippen molar-refractivity contribution in [2.24, 2.45) is 0 Å². The lowest BCUT2D eigenvalue weighted by atomic mass is 10.1. The van der Waals surface area contributed by atoms with Gasteiger partial charge in [0.1, 0.15) is 5.82 Å². The Morgan fingerprint density at radius 1 is 0.862 bits per heavy atom. The van der Waals surface area contributed by atoms with Crippen LogP contribution in [0.5, 0.6) is 0 Å². The third-order valence-corrected chi connectivity index (χ3v) is 5.46. The molecule has 4 N–H and O–H groups in total. The first-order chi connectivity index (χ1) is 14.0. The highest BCUT2D eigenvalue weighted by Crippen LogP contribution is 2.33. The Hall–Kier alpha value is -3.39. The molecule has 2 aromatic carbocycles. The predicted octanol–water partition coefficient (Wildman–Crippen LogP) is 3.80. The molecule has 0 saturated heterocycles. The SMILES string of the molecule is Cc1cccc(C)c1-n1c(-c2ccccc2)cnc1SCc1nc(N)nc(N)n1. The second kappa shape index (κ2) is 7.92. The lowest BCUT2D eigenvalue weighted by Gasteiger charge is -2.17. The van der Waals surface area contributed by atoms with Gasteiger partial charge in [0.25, 0.3) is 0 Å². The monoisotopic (exact) mass is 403 g/mol. The molecule has 0 saturated carbocycles. The van der Waals surface area contributed by atoms with E-state index in [9.17, 15) is 0 Å². The third-order valence-electron chi connectivity index (χ3n) is 4.51. The van der Waals surface area contributed by atoms with Crippen LogP contribution in [-0.2, 0) is 5.75 Å². The van der Waals surface area contributed by atoms with E-state index in [2.05, 4.69) is 63.7 Å². The third kappa shape index (κ3) is 3.93. The van der Waals surface area contributed by atoms with E-state index in [1.54, 1.807) is 0 Å². The maximum absolute atomic E-state index is 5.70. The van der Waals surface area contributed by atoms with E-state index in [4.69, 9.17) is 16.5 Å². The molecule has 0 amide bonds. The number of thioether (sulfide) groups is 1. The van der Waals surface area contributed by atoms with E-state index >= 15 is 0 Å². The highest BCUT2D eigenvalue weighted by Gasteiger charge is 2.18. The number of nitrogens with two attached hydrogens (primary N) is 2. The van der Waals surface area contributed by atoms with Gasteiger partial charge in [-0.1, -0.05) is 60.3 Å². The first-order valence-corrected chi connectivity index (χ1v) is 10.1. The Balaban J connectivity index is 1.79. The Bertz CT molecular complexity index is 1110.